The van der Waals surface area contributed by atoms with Crippen LogP contribution in [0.3, 0.4) is 0 Å². The molecule has 0 unspecified atom stereocenters. The summed E-state index contributed by atoms with van der Waals surface area (Å²) in [4.78, 5) is 26.0. The average Bonchev–Trinajstić information content (AvgIpc) is 3.10. The Kier molecular flexibility index (Phi) is 10.5. The predicted octanol–water partition coefficient (Wildman–Crippen LogP) is 4.67. The molecule has 1 aliphatic carbocycles. The van der Waals surface area contributed by atoms with Gasteiger partial charge in [-0.15, -0.1) is 0 Å². The first-order valence-electron chi connectivity index (χ1n) is 15.4. The summed E-state index contributed by atoms with van der Waals surface area (Å²) < 4.78 is 100. The molecule has 280 valence electrons. The van der Waals surface area contributed by atoms with Gasteiger partial charge in [0.2, 0.25) is 17.0 Å². The van der Waals surface area contributed by atoms with Crippen LogP contribution < -0.4 is 15.5 Å². The molecule has 0 saturated carbocycles. The van der Waals surface area contributed by atoms with Crippen molar-refractivity contribution in [2.24, 2.45) is 5.10 Å². The maximum absolute atomic E-state index is 13.6. The van der Waals surface area contributed by atoms with E-state index in [0.717, 1.165) is 0 Å². The van der Waals surface area contributed by atoms with Gasteiger partial charge < -0.3 is 10.1 Å². The predicted molar refractivity (Wildman–Crippen MR) is 198 cm³/mol. The van der Waals surface area contributed by atoms with E-state index < -0.39 is 48.5 Å². The smallest absolute Gasteiger partial charge is 0.397 e. The van der Waals surface area contributed by atoms with Crippen LogP contribution in [0.15, 0.2) is 93.8 Å². The van der Waals surface area contributed by atoms with Crippen molar-refractivity contribution in [3.63, 3.8) is 0 Å². The second kappa shape index (κ2) is 14.8. The standard InChI is InChI=1S/C33H27ClN6O11S3/c1-18-15-24(26(50-2)17-28(18)52(42,43)14-13-51-54(47,48)49)35-33-37-31(36-32(34)38-33)22-16-25(30(41)21-10-4-3-9-20(21)22)40-39-23-11-5-7-19-8-6-12-27(29(19)23)53(44,45)46/h3-12,15-17,39H,13-14H2,1-2H3,(H,44,45,46)(H,47,48,49)(H,35,36,37,38)/b40-25-. The Balaban J connectivity index is 1.37. The molecular weight excluding hydrogens is 788 g/mol. The number of ether oxygens (including phenoxy) is 1. The van der Waals surface area contributed by atoms with Crippen molar-refractivity contribution in [3.8, 4) is 5.75 Å². The van der Waals surface area contributed by atoms with Crippen LogP contribution in [0.1, 0.15) is 27.3 Å². The number of carbonyl (C=O) groups excluding carboxylic acids is 1. The van der Waals surface area contributed by atoms with Gasteiger partial charge in [-0.2, -0.15) is 36.9 Å². The fourth-order valence-corrected chi connectivity index (χ4v) is 8.27. The highest BCUT2D eigenvalue weighted by molar-refractivity contribution is 7.91. The minimum Gasteiger partial charge on any atom is -0.495 e. The number of nitrogens with one attached hydrogen (secondary N) is 2. The number of hydrogen-bond acceptors (Lipinski definition) is 15. The molecule has 21 heteroatoms. The van der Waals surface area contributed by atoms with Crippen molar-refractivity contribution >= 4 is 87.1 Å². The van der Waals surface area contributed by atoms with Crippen molar-refractivity contribution in [2.45, 2.75) is 16.7 Å². The number of allylic oxidation sites excluding steroid dienone is 1. The first-order chi connectivity index (χ1) is 25.4. The zero-order valence-electron chi connectivity index (χ0n) is 27.9. The van der Waals surface area contributed by atoms with E-state index in [1.165, 1.54) is 50.4 Å². The number of hydrazone groups is 1. The first-order valence-corrected chi connectivity index (χ1v) is 20.2. The molecule has 1 heterocycles. The Bertz CT molecular complexity index is 2750. The van der Waals surface area contributed by atoms with E-state index in [0.29, 0.717) is 16.5 Å². The minimum atomic E-state index is -4.84. The molecule has 4 aromatic carbocycles. The largest absolute Gasteiger partial charge is 0.495 e. The number of methoxy groups -OCH3 is 1. The van der Waals surface area contributed by atoms with Gasteiger partial charge in [0.1, 0.15) is 16.4 Å². The number of sulfone groups is 1. The highest BCUT2D eigenvalue weighted by Crippen LogP contribution is 2.35. The molecule has 0 spiro atoms. The number of hydrogen-bond donors (Lipinski definition) is 4. The molecule has 0 bridgehead atoms. The van der Waals surface area contributed by atoms with Gasteiger partial charge in [-0.3, -0.25) is 19.3 Å². The average molecular weight is 815 g/mol. The fourth-order valence-electron chi connectivity index (χ4n) is 5.61. The molecular formula is C33H27ClN6O11S3. The molecule has 6 rings (SSSR count). The number of fused-ring (bicyclic) bond motifs is 2. The number of aryl methyl sites for hydroxylation is 1. The minimum absolute atomic E-state index is 0.0118. The van der Waals surface area contributed by atoms with Crippen LogP contribution in [-0.2, 0) is 34.5 Å². The normalized spacial score (nSPS) is 14.1. The van der Waals surface area contributed by atoms with Crippen molar-refractivity contribution in [2.75, 3.05) is 30.2 Å². The molecule has 17 nitrogen and oxygen atoms in total. The summed E-state index contributed by atoms with van der Waals surface area (Å²) in [6.45, 7) is 0.671. The molecule has 0 fully saturated rings. The maximum Gasteiger partial charge on any atom is 0.397 e. The van der Waals surface area contributed by atoms with Crippen molar-refractivity contribution in [1.82, 2.24) is 15.0 Å². The third-order valence-corrected chi connectivity index (χ3v) is 11.3. The zero-order valence-corrected chi connectivity index (χ0v) is 31.1. The molecule has 0 saturated heterocycles. The van der Waals surface area contributed by atoms with E-state index in [9.17, 15) is 34.6 Å². The maximum atomic E-state index is 13.6. The Morgan fingerprint density at radius 3 is 2.24 bits per heavy atom. The SMILES string of the molecule is COc1cc(S(=O)(=O)CCOS(=O)(=O)O)c(C)cc1Nc1nc(Cl)nc(C2=C/C(=N/Nc3cccc4cccc(S(=O)(=O)O)c34)C(=O)c3ccccc32)n1. The monoisotopic (exact) mass is 814 g/mol. The van der Waals surface area contributed by atoms with Crippen LogP contribution in [0.25, 0.3) is 16.3 Å². The lowest BCUT2D eigenvalue weighted by Gasteiger charge is -2.18. The van der Waals surface area contributed by atoms with Crippen LogP contribution in [0.5, 0.6) is 5.75 Å². The number of anilines is 3. The Morgan fingerprint density at radius 2 is 1.56 bits per heavy atom. The summed E-state index contributed by atoms with van der Waals surface area (Å²) in [5.41, 5.74) is 4.30. The lowest BCUT2D eigenvalue weighted by atomic mass is 9.88. The number of halogens is 1. The van der Waals surface area contributed by atoms with E-state index in [4.69, 9.17) is 20.9 Å². The molecule has 0 atom stereocenters. The van der Waals surface area contributed by atoms with Crippen molar-refractivity contribution < 1.29 is 48.1 Å². The van der Waals surface area contributed by atoms with E-state index in [1.54, 1.807) is 42.5 Å². The Labute approximate surface area is 313 Å². The van der Waals surface area contributed by atoms with Crippen LogP contribution in [-0.4, -0.2) is 80.3 Å². The van der Waals surface area contributed by atoms with Gasteiger partial charge in [-0.1, -0.05) is 48.5 Å². The summed E-state index contributed by atoms with van der Waals surface area (Å²) in [7, 11) is -12.3. The van der Waals surface area contributed by atoms with Crippen LogP contribution in [0, 0.1) is 6.92 Å². The van der Waals surface area contributed by atoms with Gasteiger partial charge in [0.05, 0.1) is 35.7 Å². The van der Waals surface area contributed by atoms with Gasteiger partial charge in [0, 0.05) is 22.6 Å². The quantitative estimate of drug-likeness (QED) is 0.0986. The van der Waals surface area contributed by atoms with Gasteiger partial charge in [0.15, 0.2) is 15.7 Å². The van der Waals surface area contributed by atoms with E-state index >= 15 is 0 Å². The molecule has 1 aromatic heterocycles. The lowest BCUT2D eigenvalue weighted by molar-refractivity contribution is 0.106. The number of ketones is 1. The van der Waals surface area contributed by atoms with Crippen LogP contribution in [0.2, 0.25) is 5.28 Å². The Hall–Kier alpha value is -5.35. The summed E-state index contributed by atoms with van der Waals surface area (Å²) in [5, 5.41) is 7.64. The molecule has 0 radical (unpaired) electrons. The summed E-state index contributed by atoms with van der Waals surface area (Å²) in [6, 6.07) is 18.4. The number of benzene rings is 4. The zero-order chi connectivity index (χ0) is 39.0. The molecule has 54 heavy (non-hydrogen) atoms. The number of Topliss-reactive ketones (excluding diaryl/α,β-unsaturated/α-hetero) is 1. The number of rotatable bonds is 12. The Morgan fingerprint density at radius 1 is 0.852 bits per heavy atom. The third-order valence-electron chi connectivity index (χ3n) is 7.93. The molecule has 1 aliphatic rings. The molecule has 0 amide bonds. The van der Waals surface area contributed by atoms with Gasteiger partial charge in [0.25, 0.3) is 10.1 Å². The summed E-state index contributed by atoms with van der Waals surface area (Å²) in [5.74, 6) is -1.29. The number of nitrogens with zero attached hydrogens (tertiary/aromatic N) is 4. The second-order valence-corrected chi connectivity index (χ2v) is 16.3. The van der Waals surface area contributed by atoms with Gasteiger partial charge >= 0.3 is 10.4 Å². The number of aromatic nitrogens is 3. The van der Waals surface area contributed by atoms with Gasteiger partial charge in [-0.05, 0) is 59.3 Å². The highest BCUT2D eigenvalue weighted by Gasteiger charge is 2.28. The van der Waals surface area contributed by atoms with Crippen LogP contribution >= 0.6 is 11.6 Å². The van der Waals surface area contributed by atoms with Crippen LogP contribution in [0.4, 0.5) is 17.3 Å². The lowest BCUT2D eigenvalue weighted by Crippen LogP contribution is -2.21. The number of carbonyl (C=O) groups is 1. The first kappa shape index (κ1) is 38.4. The molecule has 5 aromatic rings. The van der Waals surface area contributed by atoms with Gasteiger partial charge in [-0.25, -0.2) is 12.6 Å². The van der Waals surface area contributed by atoms with E-state index in [1.807, 2.05) is 0 Å². The van der Waals surface area contributed by atoms with Crippen molar-refractivity contribution in [1.29, 1.82) is 0 Å². The summed E-state index contributed by atoms with van der Waals surface area (Å²) in [6.07, 6.45) is 1.41. The van der Waals surface area contributed by atoms with Crippen molar-refractivity contribution in [3.05, 3.63) is 107 Å². The molecule has 4 N–H and O–H groups in total. The second-order valence-electron chi connectivity index (χ2n) is 11.4. The van der Waals surface area contributed by atoms with E-state index in [2.05, 4.69) is 35.0 Å². The third kappa shape index (κ3) is 8.24. The molecule has 0 aliphatic heterocycles. The topological polar surface area (TPSA) is 254 Å². The highest BCUT2D eigenvalue weighted by atomic mass is 35.5. The fraction of sp³-hybridized carbons (Fsp3) is 0.121. The van der Waals surface area contributed by atoms with E-state index in [-0.39, 0.29) is 66.2 Å². The summed E-state index contributed by atoms with van der Waals surface area (Å²) >= 11 is 6.35.